The van der Waals surface area contributed by atoms with Crippen molar-refractivity contribution < 1.29 is 22.9 Å². The summed E-state index contributed by atoms with van der Waals surface area (Å²) >= 11 is -0.283. The van der Waals surface area contributed by atoms with E-state index in [9.17, 15) is 0 Å². The number of allylic oxidation sites excluding steroid dienone is 6. The second-order valence-corrected chi connectivity index (χ2v) is 9.54. The first-order valence-electron chi connectivity index (χ1n) is 5.98. The Kier molecular flexibility index (Phi) is 9.91. The Morgan fingerprint density at radius 3 is 2.31 bits per heavy atom. The molecule has 0 saturated carbocycles. The molecule has 0 bridgehead atoms. The van der Waals surface area contributed by atoms with E-state index in [-0.39, 0.29) is 22.9 Å². The summed E-state index contributed by atoms with van der Waals surface area (Å²) in [6, 6.07) is 0. The minimum absolute atomic E-state index is 0.283. The SMILES string of the molecule is C=C(C)C(=C)C.CCC[CH2][Hf][C]1=CC=CC1. The van der Waals surface area contributed by atoms with Gasteiger partial charge in [-0.15, -0.1) is 0 Å². The quantitative estimate of drug-likeness (QED) is 0.345. The second-order valence-electron chi connectivity index (χ2n) is 4.17. The molecule has 0 fully saturated rings. The Morgan fingerprint density at radius 2 is 1.94 bits per heavy atom. The Bertz CT molecular complexity index is 270. The first kappa shape index (κ1) is 15.8. The van der Waals surface area contributed by atoms with Gasteiger partial charge in [0.25, 0.3) is 0 Å². The van der Waals surface area contributed by atoms with E-state index in [0.29, 0.717) is 0 Å². The zero-order valence-electron chi connectivity index (χ0n) is 11.0. The molecule has 0 aromatic rings. The molecule has 0 radical (unpaired) electrons. The van der Waals surface area contributed by atoms with Gasteiger partial charge < -0.3 is 0 Å². The van der Waals surface area contributed by atoms with Crippen LogP contribution in [0.25, 0.3) is 0 Å². The first-order valence-corrected chi connectivity index (χ1v) is 10.3. The molecule has 1 rings (SSSR count). The molecule has 0 aromatic carbocycles. The van der Waals surface area contributed by atoms with E-state index in [1.165, 1.54) is 19.3 Å². The summed E-state index contributed by atoms with van der Waals surface area (Å²) in [7, 11) is 0. The van der Waals surface area contributed by atoms with Crippen molar-refractivity contribution in [1.82, 2.24) is 0 Å². The fourth-order valence-electron chi connectivity index (χ4n) is 1.00. The fourth-order valence-corrected chi connectivity index (χ4v) is 5.77. The summed E-state index contributed by atoms with van der Waals surface area (Å²) in [4.78, 5) is 0. The Labute approximate surface area is 113 Å². The van der Waals surface area contributed by atoms with Gasteiger partial charge in [-0.05, 0) is 13.8 Å². The van der Waals surface area contributed by atoms with Crippen LogP contribution >= 0.6 is 0 Å². The number of unbranched alkanes of at least 4 members (excludes halogenated alkanes) is 1. The summed E-state index contributed by atoms with van der Waals surface area (Å²) in [5.74, 6) is 0. The first-order chi connectivity index (χ1) is 7.57. The average Bonchev–Trinajstić information content (AvgIpc) is 2.72. The van der Waals surface area contributed by atoms with E-state index in [1.54, 1.807) is 4.18 Å². The van der Waals surface area contributed by atoms with Crippen molar-refractivity contribution in [2.24, 2.45) is 0 Å². The van der Waals surface area contributed by atoms with E-state index < -0.39 is 0 Å². The van der Waals surface area contributed by atoms with E-state index in [4.69, 9.17) is 0 Å². The monoisotopic (exact) mass is 384 g/mol. The number of hydrogen-bond donors (Lipinski definition) is 0. The van der Waals surface area contributed by atoms with Crippen LogP contribution < -0.4 is 0 Å². The molecule has 0 saturated heterocycles. The van der Waals surface area contributed by atoms with E-state index in [0.717, 1.165) is 11.1 Å². The molecule has 0 spiro atoms. The van der Waals surface area contributed by atoms with Crippen molar-refractivity contribution in [3.8, 4) is 0 Å². The third-order valence-electron chi connectivity index (χ3n) is 2.38. The summed E-state index contributed by atoms with van der Waals surface area (Å²) in [6.45, 7) is 13.5. The molecule has 0 nitrogen and oxygen atoms in total. The van der Waals surface area contributed by atoms with Gasteiger partial charge in [0.15, 0.2) is 0 Å². The van der Waals surface area contributed by atoms with Gasteiger partial charge in [-0.3, -0.25) is 0 Å². The molecule has 88 valence electrons. The zero-order valence-corrected chi connectivity index (χ0v) is 14.6. The molecule has 1 aliphatic carbocycles. The van der Waals surface area contributed by atoms with Crippen LogP contribution in [0.5, 0.6) is 0 Å². The molecule has 0 aromatic heterocycles. The maximum absolute atomic E-state index is 3.66. The Morgan fingerprint density at radius 1 is 1.31 bits per heavy atom. The molecule has 0 heterocycles. The predicted molar refractivity (Wildman–Crippen MR) is 71.2 cm³/mol. The Hall–Kier alpha value is -0.170. The van der Waals surface area contributed by atoms with Gasteiger partial charge in [0.1, 0.15) is 0 Å². The van der Waals surface area contributed by atoms with Crippen LogP contribution in [-0.2, 0) is 22.9 Å². The van der Waals surface area contributed by atoms with Crippen molar-refractivity contribution in [2.75, 3.05) is 0 Å². The van der Waals surface area contributed by atoms with Gasteiger partial charge >= 0.3 is 74.8 Å². The molecule has 0 unspecified atom stereocenters. The molecule has 16 heavy (non-hydrogen) atoms. The minimum atomic E-state index is -0.283. The molecule has 0 N–H and O–H groups in total. The summed E-state index contributed by atoms with van der Waals surface area (Å²) < 4.78 is 3.39. The van der Waals surface area contributed by atoms with Gasteiger partial charge in [-0.25, -0.2) is 0 Å². The zero-order chi connectivity index (χ0) is 12.4. The normalized spacial score (nSPS) is 12.6. The number of hydrogen-bond acceptors (Lipinski definition) is 0. The van der Waals surface area contributed by atoms with Crippen LogP contribution in [0.3, 0.4) is 0 Å². The topological polar surface area (TPSA) is 0 Å². The van der Waals surface area contributed by atoms with Gasteiger partial charge in [-0.2, -0.15) is 0 Å². The van der Waals surface area contributed by atoms with Gasteiger partial charge in [0.2, 0.25) is 0 Å². The fraction of sp³-hybridized carbons (Fsp3) is 0.467. The van der Waals surface area contributed by atoms with Gasteiger partial charge in [0, 0.05) is 0 Å². The van der Waals surface area contributed by atoms with Crippen molar-refractivity contribution in [2.45, 2.75) is 44.2 Å². The van der Waals surface area contributed by atoms with Crippen molar-refractivity contribution in [3.63, 3.8) is 0 Å². The van der Waals surface area contributed by atoms with Crippen molar-refractivity contribution >= 4 is 0 Å². The van der Waals surface area contributed by atoms with Gasteiger partial charge in [0.05, 0.1) is 0 Å². The molecule has 0 aliphatic heterocycles. The molecular weight excluding hydrogens is 359 g/mol. The molecule has 1 aliphatic rings. The molecular formula is C15H24Hf. The second kappa shape index (κ2) is 10.0. The van der Waals surface area contributed by atoms with Crippen LogP contribution in [0, 0.1) is 0 Å². The van der Waals surface area contributed by atoms with Crippen LogP contribution in [-0.4, -0.2) is 0 Å². The van der Waals surface area contributed by atoms with E-state index >= 15 is 0 Å². The Balaban J connectivity index is 0.000000325. The third-order valence-corrected chi connectivity index (χ3v) is 7.51. The summed E-state index contributed by atoms with van der Waals surface area (Å²) in [5.41, 5.74) is 2.13. The summed E-state index contributed by atoms with van der Waals surface area (Å²) in [5, 5.41) is 0. The average molecular weight is 383 g/mol. The maximum atomic E-state index is 3.66. The molecule has 0 atom stereocenters. The van der Waals surface area contributed by atoms with Crippen LogP contribution in [0.4, 0.5) is 0 Å². The van der Waals surface area contributed by atoms with E-state index in [1.807, 2.05) is 17.2 Å². The number of rotatable bonds is 5. The standard InChI is InChI=1S/C6H10.C5H5.C4H9.Hf/c1-5(2)6(3)4;1-2-4-5-3-1;1-3-4-2;/h1,3H2,2,4H3;1-3H,4H2;1,3-4H2,2H3;. The van der Waals surface area contributed by atoms with Crippen LogP contribution in [0.2, 0.25) is 4.18 Å². The molecule has 0 amide bonds. The van der Waals surface area contributed by atoms with Crippen molar-refractivity contribution in [3.05, 3.63) is 45.9 Å². The van der Waals surface area contributed by atoms with Crippen LogP contribution in [0.1, 0.15) is 40.0 Å². The third kappa shape index (κ3) is 9.08. The van der Waals surface area contributed by atoms with Crippen molar-refractivity contribution in [1.29, 1.82) is 0 Å². The summed E-state index contributed by atoms with van der Waals surface area (Å²) in [6.07, 6.45) is 11.0. The van der Waals surface area contributed by atoms with Crippen LogP contribution in [0.15, 0.2) is 45.9 Å². The predicted octanol–water partition coefficient (Wildman–Crippen LogP) is 5.27. The van der Waals surface area contributed by atoms with E-state index in [2.05, 4.69) is 38.3 Å². The molecule has 1 heteroatoms. The van der Waals surface area contributed by atoms with Gasteiger partial charge in [-0.1, -0.05) is 24.3 Å².